The predicted molar refractivity (Wildman–Crippen MR) is 145 cm³/mol. The van der Waals surface area contributed by atoms with Gasteiger partial charge in [0.15, 0.2) is 0 Å². The van der Waals surface area contributed by atoms with E-state index >= 15 is 0 Å². The maximum absolute atomic E-state index is 12.3. The lowest BCUT2D eigenvalue weighted by molar-refractivity contribution is -0.140. The van der Waals surface area contributed by atoms with Crippen molar-refractivity contribution in [1.29, 1.82) is 0 Å². The molecular formula is C30H44O6. The highest BCUT2D eigenvalue weighted by molar-refractivity contribution is 5.82. The topological polar surface area (TPSA) is 85.2 Å². The van der Waals surface area contributed by atoms with Crippen LogP contribution >= 0.6 is 0 Å². The summed E-state index contributed by atoms with van der Waals surface area (Å²) in [7, 11) is 3.12. The molecule has 1 aliphatic rings. The number of carbonyl (C=O) groups is 1. The van der Waals surface area contributed by atoms with Gasteiger partial charge < -0.3 is 24.4 Å². The van der Waals surface area contributed by atoms with E-state index in [-0.39, 0.29) is 24.0 Å². The fourth-order valence-corrected chi connectivity index (χ4v) is 3.56. The largest absolute Gasteiger partial charge is 0.455 e. The quantitative estimate of drug-likeness (QED) is 0.417. The van der Waals surface area contributed by atoms with Crippen molar-refractivity contribution >= 4 is 5.97 Å². The van der Waals surface area contributed by atoms with Crippen molar-refractivity contribution in [3.05, 3.63) is 84.6 Å². The molecule has 1 aliphatic heterocycles. The van der Waals surface area contributed by atoms with E-state index in [4.69, 9.17) is 14.2 Å². The summed E-state index contributed by atoms with van der Waals surface area (Å²) in [6, 6.07) is 0. The smallest absolute Gasteiger partial charge is 0.331 e. The Bertz CT molecular complexity index is 848. The van der Waals surface area contributed by atoms with Crippen LogP contribution in [0.1, 0.15) is 40.5 Å². The average Bonchev–Trinajstić information content (AvgIpc) is 2.86. The highest BCUT2D eigenvalue weighted by atomic mass is 16.5. The second kappa shape index (κ2) is 17.8. The van der Waals surface area contributed by atoms with Crippen molar-refractivity contribution < 1.29 is 29.2 Å². The molecule has 1 heterocycles. The van der Waals surface area contributed by atoms with Crippen LogP contribution < -0.4 is 0 Å². The first-order chi connectivity index (χ1) is 17.2. The number of aliphatic hydroxyl groups excluding tert-OH is 2. The van der Waals surface area contributed by atoms with Crippen molar-refractivity contribution in [3.8, 4) is 0 Å². The molecular weight excluding hydrogens is 456 g/mol. The minimum absolute atomic E-state index is 0.0592. The Hall–Kier alpha value is -2.51. The van der Waals surface area contributed by atoms with E-state index in [9.17, 15) is 15.0 Å². The molecule has 7 unspecified atom stereocenters. The summed E-state index contributed by atoms with van der Waals surface area (Å²) in [6.07, 6.45) is 21.7. The maximum atomic E-state index is 12.3. The zero-order valence-electron chi connectivity index (χ0n) is 22.5. The minimum atomic E-state index is -1.11. The van der Waals surface area contributed by atoms with E-state index < -0.39 is 24.3 Å². The molecule has 0 amide bonds. The molecule has 0 aromatic heterocycles. The average molecular weight is 501 g/mol. The zero-order chi connectivity index (χ0) is 26.9. The standard InChI is InChI=1S/C30H44O6/c1-7-8-15-25-16-10-9-11-17-27(35-6)30(33)29(32)24(4)19-20-26(34-5)23(3)14-12-13-22(2)18-21-28(31)36-25/h8-15,17-21,23-27,29-30,32-33H,7,16H2,1-6H3/b10-9-,14-12+,15-8+,17-11-,20-19+,21-18+,22-13+. The molecule has 36 heavy (non-hydrogen) atoms. The van der Waals surface area contributed by atoms with E-state index in [1.54, 1.807) is 31.4 Å². The highest BCUT2D eigenvalue weighted by Crippen LogP contribution is 2.18. The molecule has 0 radical (unpaired) electrons. The number of aliphatic hydroxyl groups is 2. The van der Waals surface area contributed by atoms with Gasteiger partial charge in [0, 0.05) is 38.6 Å². The zero-order valence-corrected chi connectivity index (χ0v) is 22.5. The Kier molecular flexibility index (Phi) is 15.6. The van der Waals surface area contributed by atoms with Gasteiger partial charge in [0.05, 0.1) is 12.2 Å². The summed E-state index contributed by atoms with van der Waals surface area (Å²) in [5, 5.41) is 21.4. The number of cyclic esters (lactones) is 1. The fraction of sp³-hybridized carbons (Fsp3) is 0.500. The normalized spacial score (nSPS) is 37.5. The fourth-order valence-electron chi connectivity index (χ4n) is 3.56. The molecule has 200 valence electrons. The van der Waals surface area contributed by atoms with Crippen molar-refractivity contribution in [3.63, 3.8) is 0 Å². The second-order valence-corrected chi connectivity index (χ2v) is 8.97. The lowest BCUT2D eigenvalue weighted by Gasteiger charge is -2.27. The van der Waals surface area contributed by atoms with Crippen LogP contribution in [-0.2, 0) is 19.0 Å². The van der Waals surface area contributed by atoms with Gasteiger partial charge in [-0.05, 0) is 19.4 Å². The summed E-state index contributed by atoms with van der Waals surface area (Å²) in [6.45, 7) is 7.81. The molecule has 0 bridgehead atoms. The number of esters is 1. The molecule has 7 atom stereocenters. The summed E-state index contributed by atoms with van der Waals surface area (Å²) in [5.41, 5.74) is 0.908. The lowest BCUT2D eigenvalue weighted by Crippen LogP contribution is -2.40. The van der Waals surface area contributed by atoms with Crippen LogP contribution in [0.4, 0.5) is 0 Å². The predicted octanol–water partition coefficient (Wildman–Crippen LogP) is 5.02. The van der Waals surface area contributed by atoms with Crippen molar-refractivity contribution in [2.24, 2.45) is 11.8 Å². The van der Waals surface area contributed by atoms with Crippen LogP contribution in [0, 0.1) is 11.8 Å². The number of hydrogen-bond acceptors (Lipinski definition) is 6. The third-order valence-electron chi connectivity index (χ3n) is 5.92. The second-order valence-electron chi connectivity index (χ2n) is 8.97. The van der Waals surface area contributed by atoms with Crippen LogP contribution in [0.5, 0.6) is 0 Å². The highest BCUT2D eigenvalue weighted by Gasteiger charge is 2.28. The first-order valence-corrected chi connectivity index (χ1v) is 12.6. The van der Waals surface area contributed by atoms with Gasteiger partial charge in [-0.15, -0.1) is 0 Å². The molecule has 0 saturated heterocycles. The van der Waals surface area contributed by atoms with Crippen LogP contribution in [0.25, 0.3) is 0 Å². The van der Waals surface area contributed by atoms with E-state index in [0.29, 0.717) is 6.42 Å². The third-order valence-corrected chi connectivity index (χ3v) is 5.92. The molecule has 6 nitrogen and oxygen atoms in total. The SMILES string of the molecule is CC/C=C/C1C/C=C\C=C/C(OC)C(O)C(O)C(C)/C=C/C(OC)C(C)/C=C/C=C(C)/C=C/C(=O)O1. The molecule has 0 aliphatic carbocycles. The molecule has 0 fully saturated rings. The summed E-state index contributed by atoms with van der Waals surface area (Å²) in [4.78, 5) is 12.3. The van der Waals surface area contributed by atoms with Crippen molar-refractivity contribution in [2.45, 2.75) is 71.1 Å². The first-order valence-electron chi connectivity index (χ1n) is 12.6. The Morgan fingerprint density at radius 3 is 2.33 bits per heavy atom. The molecule has 6 heteroatoms. The van der Waals surface area contributed by atoms with E-state index in [1.807, 2.05) is 76.3 Å². The van der Waals surface area contributed by atoms with Gasteiger partial charge in [-0.2, -0.15) is 0 Å². The van der Waals surface area contributed by atoms with Crippen LogP contribution in [0.15, 0.2) is 84.6 Å². The van der Waals surface area contributed by atoms with Gasteiger partial charge in [-0.1, -0.05) is 93.2 Å². The minimum Gasteiger partial charge on any atom is -0.455 e. The number of rotatable bonds is 4. The van der Waals surface area contributed by atoms with Gasteiger partial charge in [-0.3, -0.25) is 0 Å². The number of ether oxygens (including phenoxy) is 3. The van der Waals surface area contributed by atoms with Crippen LogP contribution in [-0.4, -0.2) is 60.9 Å². The summed E-state index contributed by atoms with van der Waals surface area (Å²) >= 11 is 0. The van der Waals surface area contributed by atoms with Gasteiger partial charge in [0.1, 0.15) is 18.3 Å². The molecule has 0 spiro atoms. The molecule has 0 aromatic rings. The summed E-state index contributed by atoms with van der Waals surface area (Å²) < 4.78 is 16.6. The van der Waals surface area contributed by atoms with E-state index in [1.165, 1.54) is 13.2 Å². The van der Waals surface area contributed by atoms with Gasteiger partial charge in [-0.25, -0.2) is 4.79 Å². The van der Waals surface area contributed by atoms with Crippen LogP contribution in [0.3, 0.4) is 0 Å². The number of allylic oxidation sites excluding steroid dienone is 7. The maximum Gasteiger partial charge on any atom is 0.331 e. The molecule has 2 N–H and O–H groups in total. The van der Waals surface area contributed by atoms with Gasteiger partial charge in [0.25, 0.3) is 0 Å². The number of carbonyl (C=O) groups excluding carboxylic acids is 1. The van der Waals surface area contributed by atoms with E-state index in [0.717, 1.165) is 12.0 Å². The monoisotopic (exact) mass is 500 g/mol. The molecule has 0 aromatic carbocycles. The number of hydrogen-bond donors (Lipinski definition) is 2. The summed E-state index contributed by atoms with van der Waals surface area (Å²) in [5.74, 6) is -0.669. The lowest BCUT2D eigenvalue weighted by atomic mass is 9.94. The Morgan fingerprint density at radius 2 is 1.67 bits per heavy atom. The Labute approximate surface area is 217 Å². The molecule has 0 saturated carbocycles. The first kappa shape index (κ1) is 31.5. The van der Waals surface area contributed by atoms with Crippen molar-refractivity contribution in [2.75, 3.05) is 14.2 Å². The van der Waals surface area contributed by atoms with Gasteiger partial charge in [0.2, 0.25) is 0 Å². The van der Waals surface area contributed by atoms with E-state index in [2.05, 4.69) is 0 Å². The Morgan fingerprint density at radius 1 is 0.944 bits per heavy atom. The number of methoxy groups -OCH3 is 2. The molecule has 1 rings (SSSR count). The van der Waals surface area contributed by atoms with Crippen LogP contribution in [0.2, 0.25) is 0 Å². The van der Waals surface area contributed by atoms with Crippen molar-refractivity contribution in [1.82, 2.24) is 0 Å². The Balaban J connectivity index is 3.24. The third kappa shape index (κ3) is 12.0. The van der Waals surface area contributed by atoms with Gasteiger partial charge >= 0.3 is 5.97 Å².